The monoisotopic (exact) mass is 386 g/mol. The fourth-order valence-electron chi connectivity index (χ4n) is 1.96. The summed E-state index contributed by atoms with van der Waals surface area (Å²) < 4.78 is 1.08. The molecule has 1 N–H and O–H groups in total. The smallest absolute Gasteiger partial charge is 0.239 e. The predicted octanol–water partition coefficient (Wildman–Crippen LogP) is 3.14. The van der Waals surface area contributed by atoms with Gasteiger partial charge < -0.3 is 10.2 Å². The fourth-order valence-corrected chi connectivity index (χ4v) is 3.42. The summed E-state index contributed by atoms with van der Waals surface area (Å²) in [6, 6.07) is 4.15. The number of hydrogen-bond acceptors (Lipinski definition) is 3. The third kappa shape index (κ3) is 5.65. The van der Waals surface area contributed by atoms with Gasteiger partial charge in [-0.3, -0.25) is 9.59 Å². The van der Waals surface area contributed by atoms with Crippen LogP contribution in [0.2, 0.25) is 0 Å². The van der Waals surface area contributed by atoms with E-state index >= 15 is 0 Å². The van der Waals surface area contributed by atoms with Gasteiger partial charge in [-0.25, -0.2) is 0 Å². The summed E-state index contributed by atoms with van der Waals surface area (Å²) in [4.78, 5) is 26.6. The Kier molecular flexibility index (Phi) is 7.96. The highest BCUT2D eigenvalue weighted by atomic mass is 79.9. The lowest BCUT2D eigenvalue weighted by atomic mass is 10.2. The van der Waals surface area contributed by atoms with Crippen LogP contribution in [0.15, 0.2) is 21.5 Å². The van der Waals surface area contributed by atoms with Crippen LogP contribution in [0.3, 0.4) is 0 Å². The zero-order chi connectivity index (χ0) is 16.7. The molecule has 1 aromatic rings. The van der Waals surface area contributed by atoms with Crippen molar-refractivity contribution in [2.45, 2.75) is 32.1 Å². The molecule has 0 heterocycles. The number of halogens is 1. The minimum atomic E-state index is -0.137. The number of carbonyl (C=O) groups excluding carboxylic acids is 2. The molecule has 0 aromatic heterocycles. The van der Waals surface area contributed by atoms with Crippen molar-refractivity contribution < 1.29 is 9.59 Å². The van der Waals surface area contributed by atoms with Gasteiger partial charge in [0.15, 0.2) is 0 Å². The Bertz CT molecular complexity index is 549. The first kappa shape index (κ1) is 19.0. The normalized spacial score (nSPS) is 10.4. The van der Waals surface area contributed by atoms with Gasteiger partial charge in [0.25, 0.3) is 0 Å². The standard InChI is InChI=1S/C16H23BrN2O2S/c1-5-6-19(9-15(20)18-4)16(21)10-22-14-8-11(2)13(17)7-12(14)3/h7-8H,5-6,9-10H2,1-4H3,(H,18,20). The van der Waals surface area contributed by atoms with Gasteiger partial charge in [-0.15, -0.1) is 11.8 Å². The van der Waals surface area contributed by atoms with Crippen molar-refractivity contribution in [1.29, 1.82) is 0 Å². The molecule has 4 nitrogen and oxygen atoms in total. The lowest BCUT2D eigenvalue weighted by molar-refractivity contribution is -0.133. The Labute approximate surface area is 145 Å². The summed E-state index contributed by atoms with van der Waals surface area (Å²) in [6.07, 6.45) is 0.837. The van der Waals surface area contributed by atoms with Gasteiger partial charge in [0.1, 0.15) is 0 Å². The van der Waals surface area contributed by atoms with Crippen LogP contribution in [0.5, 0.6) is 0 Å². The molecule has 0 fully saturated rings. The number of hydrogen-bond donors (Lipinski definition) is 1. The van der Waals surface area contributed by atoms with Gasteiger partial charge >= 0.3 is 0 Å². The molecule has 0 aliphatic carbocycles. The highest BCUT2D eigenvalue weighted by Gasteiger charge is 2.16. The average Bonchev–Trinajstić information content (AvgIpc) is 2.48. The first-order valence-corrected chi connectivity index (χ1v) is 9.04. The second-order valence-corrected chi connectivity index (χ2v) is 7.02. The Balaban J connectivity index is 2.70. The van der Waals surface area contributed by atoms with Crippen molar-refractivity contribution in [1.82, 2.24) is 10.2 Å². The Morgan fingerprint density at radius 3 is 2.55 bits per heavy atom. The van der Waals surface area contributed by atoms with Crippen LogP contribution in [0, 0.1) is 13.8 Å². The second kappa shape index (κ2) is 9.20. The zero-order valence-electron chi connectivity index (χ0n) is 13.5. The summed E-state index contributed by atoms with van der Waals surface area (Å²) in [7, 11) is 1.58. The molecule has 2 amide bonds. The highest BCUT2D eigenvalue weighted by molar-refractivity contribution is 9.10. The number of likely N-dealkylation sites (N-methyl/N-ethyl adjacent to an activating group) is 1. The van der Waals surface area contributed by atoms with E-state index in [2.05, 4.69) is 33.4 Å². The molecule has 0 aliphatic heterocycles. The van der Waals surface area contributed by atoms with Crippen LogP contribution < -0.4 is 5.32 Å². The van der Waals surface area contributed by atoms with Gasteiger partial charge in [0.05, 0.1) is 12.3 Å². The summed E-state index contributed by atoms with van der Waals surface area (Å²) in [5.41, 5.74) is 2.29. The van der Waals surface area contributed by atoms with E-state index in [9.17, 15) is 9.59 Å². The van der Waals surface area contributed by atoms with Crippen molar-refractivity contribution >= 4 is 39.5 Å². The molecule has 0 saturated heterocycles. The van der Waals surface area contributed by atoms with Gasteiger partial charge in [-0.05, 0) is 43.5 Å². The van der Waals surface area contributed by atoms with Gasteiger partial charge in [-0.2, -0.15) is 0 Å². The molecule has 0 aliphatic rings. The largest absolute Gasteiger partial charge is 0.358 e. The van der Waals surface area contributed by atoms with Crippen LogP contribution in [-0.2, 0) is 9.59 Å². The molecular weight excluding hydrogens is 364 g/mol. The van der Waals surface area contributed by atoms with Crippen LogP contribution in [0.4, 0.5) is 0 Å². The molecule has 0 unspecified atom stereocenters. The molecule has 1 rings (SSSR count). The maximum Gasteiger partial charge on any atom is 0.239 e. The van der Waals surface area contributed by atoms with E-state index in [4.69, 9.17) is 0 Å². The van der Waals surface area contributed by atoms with Crippen molar-refractivity contribution in [3.63, 3.8) is 0 Å². The second-order valence-electron chi connectivity index (χ2n) is 5.14. The van der Waals surface area contributed by atoms with Gasteiger partial charge in [0.2, 0.25) is 11.8 Å². The number of aryl methyl sites for hydroxylation is 2. The predicted molar refractivity (Wildman–Crippen MR) is 95.3 cm³/mol. The van der Waals surface area contributed by atoms with E-state index in [1.807, 2.05) is 20.8 Å². The van der Waals surface area contributed by atoms with Crippen molar-refractivity contribution in [3.05, 3.63) is 27.7 Å². The molecule has 0 atom stereocenters. The van der Waals surface area contributed by atoms with Crippen LogP contribution in [-0.4, -0.2) is 42.6 Å². The minimum absolute atomic E-state index is 0.00424. The van der Waals surface area contributed by atoms with E-state index < -0.39 is 0 Å². The topological polar surface area (TPSA) is 49.4 Å². The Morgan fingerprint density at radius 2 is 1.95 bits per heavy atom. The van der Waals surface area contributed by atoms with Gasteiger partial charge in [-0.1, -0.05) is 22.9 Å². The number of rotatable bonds is 7. The summed E-state index contributed by atoms with van der Waals surface area (Å²) in [6.45, 7) is 6.79. The molecule has 0 bridgehead atoms. The van der Waals surface area contributed by atoms with E-state index in [-0.39, 0.29) is 18.4 Å². The molecule has 0 radical (unpaired) electrons. The van der Waals surface area contributed by atoms with Crippen molar-refractivity contribution in [2.75, 3.05) is 25.9 Å². The number of thioether (sulfide) groups is 1. The maximum atomic E-state index is 12.3. The molecule has 1 aromatic carbocycles. The average molecular weight is 387 g/mol. The van der Waals surface area contributed by atoms with Crippen molar-refractivity contribution in [2.24, 2.45) is 0 Å². The van der Waals surface area contributed by atoms with Crippen LogP contribution in [0.1, 0.15) is 24.5 Å². The molecule has 122 valence electrons. The van der Waals surface area contributed by atoms with E-state index in [1.165, 1.54) is 11.8 Å². The van der Waals surface area contributed by atoms with E-state index in [0.29, 0.717) is 12.3 Å². The number of carbonyl (C=O) groups is 2. The van der Waals surface area contributed by atoms with E-state index in [0.717, 1.165) is 26.9 Å². The summed E-state index contributed by atoms with van der Waals surface area (Å²) in [5.74, 6) is 0.205. The summed E-state index contributed by atoms with van der Waals surface area (Å²) >= 11 is 5.03. The van der Waals surface area contributed by atoms with E-state index in [1.54, 1.807) is 11.9 Å². The molecule has 6 heteroatoms. The Morgan fingerprint density at radius 1 is 1.27 bits per heavy atom. The third-order valence-corrected chi connectivity index (χ3v) is 5.26. The lowest BCUT2D eigenvalue weighted by Gasteiger charge is -2.21. The molecular formula is C16H23BrN2O2S. The van der Waals surface area contributed by atoms with Crippen LogP contribution in [0.25, 0.3) is 0 Å². The third-order valence-electron chi connectivity index (χ3n) is 3.27. The molecule has 22 heavy (non-hydrogen) atoms. The maximum absolute atomic E-state index is 12.3. The number of benzene rings is 1. The molecule has 0 spiro atoms. The Hall–Kier alpha value is -1.01. The fraction of sp³-hybridized carbons (Fsp3) is 0.500. The number of amides is 2. The quantitative estimate of drug-likeness (QED) is 0.732. The van der Waals surface area contributed by atoms with Gasteiger partial charge in [0, 0.05) is 23.0 Å². The number of nitrogens with zero attached hydrogens (tertiary/aromatic N) is 1. The SMILES string of the molecule is CCCN(CC(=O)NC)C(=O)CSc1cc(C)c(Br)cc1C. The van der Waals surface area contributed by atoms with Crippen LogP contribution >= 0.6 is 27.7 Å². The first-order valence-electron chi connectivity index (χ1n) is 7.27. The molecule has 0 saturated carbocycles. The summed E-state index contributed by atoms with van der Waals surface area (Å²) in [5, 5.41) is 2.56. The zero-order valence-corrected chi connectivity index (χ0v) is 15.9. The van der Waals surface area contributed by atoms with Crippen molar-refractivity contribution in [3.8, 4) is 0 Å². The minimum Gasteiger partial charge on any atom is -0.358 e. The highest BCUT2D eigenvalue weighted by Crippen LogP contribution is 2.28. The first-order chi connectivity index (χ1) is 10.4. The lowest BCUT2D eigenvalue weighted by Crippen LogP contribution is -2.40. The number of nitrogens with one attached hydrogen (secondary N) is 1.